The van der Waals surface area contributed by atoms with Gasteiger partial charge in [0.25, 0.3) is 0 Å². The maximum atomic E-state index is 12.5. The van der Waals surface area contributed by atoms with Gasteiger partial charge in [0.15, 0.2) is 5.82 Å². The summed E-state index contributed by atoms with van der Waals surface area (Å²) in [5.41, 5.74) is 3.64. The van der Waals surface area contributed by atoms with Crippen molar-refractivity contribution in [1.29, 1.82) is 0 Å². The molecule has 29 heavy (non-hydrogen) atoms. The fourth-order valence-corrected chi connectivity index (χ4v) is 3.51. The van der Waals surface area contributed by atoms with Gasteiger partial charge in [0.05, 0.1) is 0 Å². The molecule has 1 atom stereocenters. The molecule has 1 unspecified atom stereocenters. The van der Waals surface area contributed by atoms with E-state index in [1.54, 1.807) is 6.07 Å². The van der Waals surface area contributed by atoms with Gasteiger partial charge in [-0.1, -0.05) is 48.5 Å². The first-order chi connectivity index (χ1) is 14.1. The molecule has 0 spiro atoms. The maximum Gasteiger partial charge on any atom is 0.227 e. The lowest BCUT2D eigenvalue weighted by molar-refractivity contribution is -0.121. The smallest absolute Gasteiger partial charge is 0.227 e. The van der Waals surface area contributed by atoms with Crippen molar-refractivity contribution in [2.45, 2.75) is 26.2 Å². The number of aryl methyl sites for hydroxylation is 1. The number of anilines is 2. The van der Waals surface area contributed by atoms with E-state index in [2.05, 4.69) is 20.6 Å². The Kier molecular flexibility index (Phi) is 5.33. The first-order valence-electron chi connectivity index (χ1n) is 9.68. The normalized spacial score (nSPS) is 15.3. The van der Waals surface area contributed by atoms with E-state index in [0.29, 0.717) is 24.5 Å². The Labute approximate surface area is 169 Å². The van der Waals surface area contributed by atoms with Gasteiger partial charge in [-0.15, -0.1) is 0 Å². The molecular weight excluding hydrogens is 364 g/mol. The summed E-state index contributed by atoms with van der Waals surface area (Å²) >= 11 is 0. The molecule has 2 heterocycles. The maximum absolute atomic E-state index is 12.5. The summed E-state index contributed by atoms with van der Waals surface area (Å²) in [6, 6.07) is 19.2. The molecule has 4 rings (SSSR count). The number of aromatic nitrogens is 2. The zero-order valence-electron chi connectivity index (χ0n) is 16.2. The van der Waals surface area contributed by atoms with Crippen LogP contribution in [-0.4, -0.2) is 21.8 Å². The summed E-state index contributed by atoms with van der Waals surface area (Å²) in [6.07, 6.45) is 1.39. The van der Waals surface area contributed by atoms with Crippen molar-refractivity contribution in [2.24, 2.45) is 5.92 Å². The number of nitrogens with one attached hydrogen (secondary N) is 2. The first kappa shape index (κ1) is 18.8. The number of amides is 2. The second-order valence-corrected chi connectivity index (χ2v) is 7.22. The predicted octanol–water partition coefficient (Wildman–Crippen LogP) is 3.98. The average Bonchev–Trinajstić information content (AvgIpc) is 2.72. The summed E-state index contributed by atoms with van der Waals surface area (Å²) < 4.78 is 0. The number of carbonyl (C=O) groups is 2. The van der Waals surface area contributed by atoms with Crippen molar-refractivity contribution >= 4 is 23.3 Å². The Morgan fingerprint density at radius 1 is 1.10 bits per heavy atom. The Bertz CT molecular complexity index is 1050. The fraction of sp³-hybridized carbons (Fsp3) is 0.217. The number of fused-ring (bicyclic) bond motifs is 1. The van der Waals surface area contributed by atoms with E-state index in [4.69, 9.17) is 0 Å². The van der Waals surface area contributed by atoms with Crippen molar-refractivity contribution in [3.8, 4) is 11.4 Å². The minimum absolute atomic E-state index is 0.0271. The summed E-state index contributed by atoms with van der Waals surface area (Å²) in [7, 11) is 0. The lowest BCUT2D eigenvalue weighted by Crippen LogP contribution is -2.30. The van der Waals surface area contributed by atoms with Crippen LogP contribution in [-0.2, 0) is 16.0 Å². The van der Waals surface area contributed by atoms with Crippen LogP contribution < -0.4 is 10.6 Å². The van der Waals surface area contributed by atoms with Gasteiger partial charge in [-0.2, -0.15) is 0 Å². The Balaban J connectivity index is 1.39. The zero-order chi connectivity index (χ0) is 20.2. The Hall–Kier alpha value is -3.54. The lowest BCUT2D eigenvalue weighted by atomic mass is 9.89. The molecule has 1 aromatic heterocycles. The molecule has 2 amide bonds. The quantitative estimate of drug-likeness (QED) is 0.695. The largest absolute Gasteiger partial charge is 0.326 e. The number of carbonyl (C=O) groups excluding carboxylic acids is 2. The van der Waals surface area contributed by atoms with Crippen LogP contribution in [0.3, 0.4) is 0 Å². The van der Waals surface area contributed by atoms with Gasteiger partial charge in [-0.3, -0.25) is 9.59 Å². The number of benzene rings is 2. The van der Waals surface area contributed by atoms with Gasteiger partial charge in [-0.05, 0) is 31.4 Å². The van der Waals surface area contributed by atoms with Gasteiger partial charge in [0, 0.05) is 35.3 Å². The standard InChI is InChI=1S/C23H22N4O2/c1-15-13-20(27-22(24-15)16-7-3-2-4-8-16)26-21(28)12-11-18-14-17-9-5-6-10-19(17)25-23(18)29/h2-10,13,18H,11-12,14H2,1H3,(H,25,29)(H,24,26,27,28). The van der Waals surface area contributed by atoms with Gasteiger partial charge >= 0.3 is 0 Å². The summed E-state index contributed by atoms with van der Waals surface area (Å²) in [5.74, 6) is 0.654. The van der Waals surface area contributed by atoms with Gasteiger partial charge < -0.3 is 10.6 Å². The topological polar surface area (TPSA) is 84.0 Å². The highest BCUT2D eigenvalue weighted by Gasteiger charge is 2.26. The minimum atomic E-state index is -0.206. The molecule has 6 nitrogen and oxygen atoms in total. The van der Waals surface area contributed by atoms with E-state index in [-0.39, 0.29) is 24.2 Å². The van der Waals surface area contributed by atoms with Gasteiger partial charge in [0.2, 0.25) is 11.8 Å². The molecule has 146 valence electrons. The summed E-state index contributed by atoms with van der Waals surface area (Å²) in [4.78, 5) is 33.7. The molecule has 0 saturated carbocycles. The highest BCUT2D eigenvalue weighted by Crippen LogP contribution is 2.27. The number of rotatable bonds is 5. The third-order valence-electron chi connectivity index (χ3n) is 4.99. The van der Waals surface area contributed by atoms with E-state index in [0.717, 1.165) is 22.5 Å². The Morgan fingerprint density at radius 2 is 1.86 bits per heavy atom. The van der Waals surface area contributed by atoms with Crippen LogP contribution in [0.5, 0.6) is 0 Å². The van der Waals surface area contributed by atoms with E-state index < -0.39 is 0 Å². The molecule has 6 heteroatoms. The SMILES string of the molecule is Cc1cc(NC(=O)CCC2Cc3ccccc3NC2=O)nc(-c2ccccc2)n1. The van der Waals surface area contributed by atoms with Crippen molar-refractivity contribution in [3.63, 3.8) is 0 Å². The van der Waals surface area contributed by atoms with Crippen LogP contribution in [0, 0.1) is 12.8 Å². The fourth-order valence-electron chi connectivity index (χ4n) is 3.51. The van der Waals surface area contributed by atoms with E-state index in [9.17, 15) is 9.59 Å². The molecule has 1 aliphatic rings. The number of para-hydroxylation sites is 1. The van der Waals surface area contributed by atoms with E-state index in [1.165, 1.54) is 0 Å². The lowest BCUT2D eigenvalue weighted by Gasteiger charge is -2.24. The van der Waals surface area contributed by atoms with Crippen LogP contribution in [0.2, 0.25) is 0 Å². The number of nitrogens with zero attached hydrogens (tertiary/aromatic N) is 2. The van der Waals surface area contributed by atoms with Crippen molar-refractivity contribution in [1.82, 2.24) is 9.97 Å². The third kappa shape index (κ3) is 4.48. The second kappa shape index (κ2) is 8.22. The van der Waals surface area contributed by atoms with Crippen LogP contribution >= 0.6 is 0 Å². The predicted molar refractivity (Wildman–Crippen MR) is 112 cm³/mol. The van der Waals surface area contributed by atoms with Crippen molar-refractivity contribution in [3.05, 3.63) is 71.9 Å². The van der Waals surface area contributed by atoms with Crippen LogP contribution in [0.1, 0.15) is 24.1 Å². The molecule has 0 aliphatic carbocycles. The van der Waals surface area contributed by atoms with E-state index in [1.807, 2.05) is 61.5 Å². The highest BCUT2D eigenvalue weighted by atomic mass is 16.2. The molecule has 1 aliphatic heterocycles. The number of hydrogen-bond donors (Lipinski definition) is 2. The molecule has 3 aromatic rings. The molecule has 0 fully saturated rings. The summed E-state index contributed by atoms with van der Waals surface area (Å²) in [6.45, 7) is 1.87. The van der Waals surface area contributed by atoms with Crippen molar-refractivity contribution in [2.75, 3.05) is 10.6 Å². The molecule has 2 aromatic carbocycles. The highest BCUT2D eigenvalue weighted by molar-refractivity contribution is 5.96. The van der Waals surface area contributed by atoms with Crippen LogP contribution in [0.25, 0.3) is 11.4 Å². The molecule has 0 radical (unpaired) electrons. The third-order valence-corrected chi connectivity index (χ3v) is 4.99. The molecular formula is C23H22N4O2. The van der Waals surface area contributed by atoms with Gasteiger partial charge in [0.1, 0.15) is 5.82 Å². The molecule has 0 saturated heterocycles. The van der Waals surface area contributed by atoms with E-state index >= 15 is 0 Å². The van der Waals surface area contributed by atoms with Crippen LogP contribution in [0.4, 0.5) is 11.5 Å². The summed E-state index contributed by atoms with van der Waals surface area (Å²) in [5, 5.41) is 5.77. The number of hydrogen-bond acceptors (Lipinski definition) is 4. The zero-order valence-corrected chi connectivity index (χ0v) is 16.2. The average molecular weight is 386 g/mol. The molecule has 0 bridgehead atoms. The first-order valence-corrected chi connectivity index (χ1v) is 9.68. The minimum Gasteiger partial charge on any atom is -0.326 e. The molecule has 2 N–H and O–H groups in total. The van der Waals surface area contributed by atoms with Gasteiger partial charge in [-0.25, -0.2) is 9.97 Å². The van der Waals surface area contributed by atoms with Crippen molar-refractivity contribution < 1.29 is 9.59 Å². The Morgan fingerprint density at radius 3 is 2.69 bits per heavy atom. The van der Waals surface area contributed by atoms with Crippen LogP contribution in [0.15, 0.2) is 60.7 Å². The monoisotopic (exact) mass is 386 g/mol. The second-order valence-electron chi connectivity index (χ2n) is 7.22.